The first-order valence-corrected chi connectivity index (χ1v) is 8.37. The Hall–Kier alpha value is -1.60. The molecule has 1 amide bonds. The molecule has 1 N–H and O–H groups in total. The SMILES string of the molecule is CC(C)CSc1nnc(NC(=O)COc2ccccc2)s1. The largest absolute Gasteiger partial charge is 0.484 e. The van der Waals surface area contributed by atoms with E-state index in [-0.39, 0.29) is 12.5 Å². The van der Waals surface area contributed by atoms with Crippen LogP contribution in [0.25, 0.3) is 0 Å². The third-order valence-corrected chi connectivity index (χ3v) is 4.70. The van der Waals surface area contributed by atoms with Crippen LogP contribution in [-0.2, 0) is 4.79 Å². The van der Waals surface area contributed by atoms with Gasteiger partial charge in [0, 0.05) is 5.75 Å². The zero-order valence-electron chi connectivity index (χ0n) is 11.9. The number of amides is 1. The first kappa shape index (κ1) is 15.8. The van der Waals surface area contributed by atoms with Crippen LogP contribution in [0.1, 0.15) is 13.8 Å². The lowest BCUT2D eigenvalue weighted by Gasteiger charge is -2.04. The van der Waals surface area contributed by atoms with Crippen molar-refractivity contribution in [2.75, 3.05) is 17.7 Å². The second-order valence-corrected chi connectivity index (χ2v) is 6.97. The summed E-state index contributed by atoms with van der Waals surface area (Å²) >= 11 is 3.03. The number of carbonyl (C=O) groups is 1. The Kier molecular flexibility index (Phi) is 6.01. The molecule has 21 heavy (non-hydrogen) atoms. The van der Waals surface area contributed by atoms with Gasteiger partial charge in [-0.3, -0.25) is 10.1 Å². The number of para-hydroxylation sites is 1. The lowest BCUT2D eigenvalue weighted by molar-refractivity contribution is -0.118. The molecule has 7 heteroatoms. The molecular formula is C14H17N3O2S2. The number of hydrogen-bond acceptors (Lipinski definition) is 6. The minimum atomic E-state index is -0.240. The molecule has 0 spiro atoms. The predicted molar refractivity (Wildman–Crippen MR) is 86.0 cm³/mol. The van der Waals surface area contributed by atoms with Crippen LogP contribution in [0.5, 0.6) is 5.75 Å². The molecule has 1 aromatic heterocycles. The van der Waals surface area contributed by atoms with Gasteiger partial charge in [-0.05, 0) is 18.1 Å². The van der Waals surface area contributed by atoms with Crippen molar-refractivity contribution in [3.63, 3.8) is 0 Å². The molecule has 0 aliphatic heterocycles. The van der Waals surface area contributed by atoms with Crippen LogP contribution in [0.15, 0.2) is 34.7 Å². The summed E-state index contributed by atoms with van der Waals surface area (Å²) in [6, 6.07) is 9.22. The molecule has 0 aliphatic carbocycles. The number of ether oxygens (including phenoxy) is 1. The zero-order valence-corrected chi connectivity index (χ0v) is 13.5. The maximum Gasteiger partial charge on any atom is 0.264 e. The van der Waals surface area contributed by atoms with Crippen LogP contribution in [0.4, 0.5) is 5.13 Å². The molecule has 0 fully saturated rings. The predicted octanol–water partition coefficient (Wildman–Crippen LogP) is 3.30. The van der Waals surface area contributed by atoms with Crippen molar-refractivity contribution >= 4 is 34.1 Å². The highest BCUT2D eigenvalue weighted by Crippen LogP contribution is 2.26. The second-order valence-electron chi connectivity index (χ2n) is 4.73. The van der Waals surface area contributed by atoms with Crippen molar-refractivity contribution in [2.45, 2.75) is 18.2 Å². The van der Waals surface area contributed by atoms with Gasteiger partial charge in [0.2, 0.25) is 5.13 Å². The highest BCUT2D eigenvalue weighted by atomic mass is 32.2. The molecule has 112 valence electrons. The maximum atomic E-state index is 11.8. The lowest BCUT2D eigenvalue weighted by Crippen LogP contribution is -2.20. The molecule has 0 atom stereocenters. The third-order valence-electron chi connectivity index (χ3n) is 2.31. The highest BCUT2D eigenvalue weighted by molar-refractivity contribution is 8.01. The number of rotatable bonds is 7. The Bertz CT molecular complexity index is 573. The molecule has 0 saturated heterocycles. The first-order valence-electron chi connectivity index (χ1n) is 6.57. The fourth-order valence-corrected chi connectivity index (χ4v) is 3.12. The van der Waals surface area contributed by atoms with Crippen LogP contribution >= 0.6 is 23.1 Å². The van der Waals surface area contributed by atoms with E-state index in [0.29, 0.717) is 16.8 Å². The van der Waals surface area contributed by atoms with E-state index < -0.39 is 0 Å². The summed E-state index contributed by atoms with van der Waals surface area (Å²) in [6.45, 7) is 4.26. The number of anilines is 1. The molecule has 5 nitrogen and oxygen atoms in total. The van der Waals surface area contributed by atoms with Crippen molar-refractivity contribution in [3.8, 4) is 5.75 Å². The number of aromatic nitrogens is 2. The molecule has 1 heterocycles. The Morgan fingerprint density at radius 3 is 2.81 bits per heavy atom. The zero-order chi connectivity index (χ0) is 15.1. The third kappa shape index (κ3) is 5.73. The Morgan fingerprint density at radius 1 is 1.33 bits per heavy atom. The summed E-state index contributed by atoms with van der Waals surface area (Å²) in [5.41, 5.74) is 0. The first-order chi connectivity index (χ1) is 10.1. The van der Waals surface area contributed by atoms with Crippen LogP contribution < -0.4 is 10.1 Å². The van der Waals surface area contributed by atoms with Crippen LogP contribution in [0.3, 0.4) is 0 Å². The van der Waals surface area contributed by atoms with Gasteiger partial charge >= 0.3 is 0 Å². The van der Waals surface area contributed by atoms with E-state index in [1.54, 1.807) is 23.9 Å². The topological polar surface area (TPSA) is 64.1 Å². The van der Waals surface area contributed by atoms with Crippen LogP contribution in [-0.4, -0.2) is 28.5 Å². The van der Waals surface area contributed by atoms with E-state index in [9.17, 15) is 4.79 Å². The number of benzene rings is 1. The molecule has 0 aliphatic rings. The van der Waals surface area contributed by atoms with Gasteiger partial charge in [-0.1, -0.05) is 55.1 Å². The summed E-state index contributed by atoms with van der Waals surface area (Å²) in [5, 5.41) is 11.2. The van der Waals surface area contributed by atoms with Gasteiger partial charge in [0.15, 0.2) is 10.9 Å². The highest BCUT2D eigenvalue weighted by Gasteiger charge is 2.09. The number of nitrogens with zero attached hydrogens (tertiary/aromatic N) is 2. The molecule has 1 aromatic carbocycles. The van der Waals surface area contributed by atoms with Crippen molar-refractivity contribution in [1.29, 1.82) is 0 Å². The quantitative estimate of drug-likeness (QED) is 0.625. The lowest BCUT2D eigenvalue weighted by atomic mass is 10.3. The van der Waals surface area contributed by atoms with Gasteiger partial charge in [-0.2, -0.15) is 0 Å². The van der Waals surface area contributed by atoms with Crippen LogP contribution in [0, 0.1) is 5.92 Å². The van der Waals surface area contributed by atoms with Crippen molar-refractivity contribution in [1.82, 2.24) is 10.2 Å². The Morgan fingerprint density at radius 2 is 2.10 bits per heavy atom. The van der Waals surface area contributed by atoms with Gasteiger partial charge in [0.25, 0.3) is 5.91 Å². The fourth-order valence-electron chi connectivity index (χ4n) is 1.38. The minimum absolute atomic E-state index is 0.0436. The van der Waals surface area contributed by atoms with Gasteiger partial charge in [-0.25, -0.2) is 0 Å². The summed E-state index contributed by atoms with van der Waals surface area (Å²) in [5.74, 6) is 2.00. The standard InChI is InChI=1S/C14H17N3O2S2/c1-10(2)9-20-14-17-16-13(21-14)15-12(18)8-19-11-6-4-3-5-7-11/h3-7,10H,8-9H2,1-2H3,(H,15,16,18). The van der Waals surface area contributed by atoms with E-state index in [0.717, 1.165) is 10.1 Å². The molecule has 0 saturated carbocycles. The van der Waals surface area contributed by atoms with Crippen molar-refractivity contribution < 1.29 is 9.53 Å². The summed E-state index contributed by atoms with van der Waals surface area (Å²) in [7, 11) is 0. The second kappa shape index (κ2) is 7.99. The van der Waals surface area contributed by atoms with E-state index in [2.05, 4.69) is 29.4 Å². The van der Waals surface area contributed by atoms with E-state index in [1.165, 1.54) is 11.3 Å². The summed E-state index contributed by atoms with van der Waals surface area (Å²) in [4.78, 5) is 11.8. The van der Waals surface area contributed by atoms with E-state index in [1.807, 2.05) is 18.2 Å². The molecule has 2 rings (SSSR count). The fraction of sp³-hybridized carbons (Fsp3) is 0.357. The van der Waals surface area contributed by atoms with Crippen molar-refractivity contribution in [2.24, 2.45) is 5.92 Å². The van der Waals surface area contributed by atoms with Crippen molar-refractivity contribution in [3.05, 3.63) is 30.3 Å². The number of carbonyl (C=O) groups excluding carboxylic acids is 1. The minimum Gasteiger partial charge on any atom is -0.484 e. The normalized spacial score (nSPS) is 10.6. The monoisotopic (exact) mass is 323 g/mol. The molecule has 0 radical (unpaired) electrons. The van der Waals surface area contributed by atoms with Crippen LogP contribution in [0.2, 0.25) is 0 Å². The molecule has 0 bridgehead atoms. The summed E-state index contributed by atoms with van der Waals surface area (Å²) in [6.07, 6.45) is 0. The molecule has 2 aromatic rings. The van der Waals surface area contributed by atoms with E-state index in [4.69, 9.17) is 4.74 Å². The number of thioether (sulfide) groups is 1. The number of hydrogen-bond donors (Lipinski definition) is 1. The smallest absolute Gasteiger partial charge is 0.264 e. The number of nitrogens with one attached hydrogen (secondary N) is 1. The Labute approximate surface area is 132 Å². The maximum absolute atomic E-state index is 11.8. The molecular weight excluding hydrogens is 306 g/mol. The van der Waals surface area contributed by atoms with Gasteiger partial charge in [0.1, 0.15) is 5.75 Å². The van der Waals surface area contributed by atoms with Gasteiger partial charge in [0.05, 0.1) is 0 Å². The van der Waals surface area contributed by atoms with Gasteiger partial charge < -0.3 is 4.74 Å². The average molecular weight is 323 g/mol. The Balaban J connectivity index is 1.77. The van der Waals surface area contributed by atoms with E-state index >= 15 is 0 Å². The summed E-state index contributed by atoms with van der Waals surface area (Å²) < 4.78 is 6.23. The van der Waals surface area contributed by atoms with Gasteiger partial charge in [-0.15, -0.1) is 10.2 Å². The molecule has 0 unspecified atom stereocenters. The average Bonchev–Trinajstić information content (AvgIpc) is 2.91.